The standard InChI is InChI=1S/C15H19NO4/c1-11(2)10-19-15(18)16-9-14(17)20-13(16)8-12-6-4-3-5-7-12/h3-7,11,13H,8-10H2,1-2H3. The van der Waals surface area contributed by atoms with E-state index >= 15 is 0 Å². The Labute approximate surface area is 118 Å². The summed E-state index contributed by atoms with van der Waals surface area (Å²) < 4.78 is 10.4. The maximum atomic E-state index is 12.0. The third-order valence-electron chi connectivity index (χ3n) is 2.94. The zero-order chi connectivity index (χ0) is 14.5. The van der Waals surface area contributed by atoms with Crippen LogP contribution in [-0.4, -0.2) is 36.3 Å². The third-order valence-corrected chi connectivity index (χ3v) is 2.94. The van der Waals surface area contributed by atoms with Crippen molar-refractivity contribution in [3.8, 4) is 0 Å². The summed E-state index contributed by atoms with van der Waals surface area (Å²) in [5.41, 5.74) is 1.01. The van der Waals surface area contributed by atoms with Crippen LogP contribution in [0.4, 0.5) is 4.79 Å². The van der Waals surface area contributed by atoms with Crippen LogP contribution in [0.25, 0.3) is 0 Å². The van der Waals surface area contributed by atoms with Gasteiger partial charge in [-0.25, -0.2) is 4.79 Å². The van der Waals surface area contributed by atoms with E-state index in [1.165, 1.54) is 4.90 Å². The zero-order valence-corrected chi connectivity index (χ0v) is 11.7. The number of hydrogen-bond acceptors (Lipinski definition) is 4. The molecular formula is C15H19NO4. The largest absolute Gasteiger partial charge is 0.449 e. The van der Waals surface area contributed by atoms with Crippen molar-refractivity contribution in [3.05, 3.63) is 35.9 Å². The molecule has 1 atom stereocenters. The Balaban J connectivity index is 1.99. The first-order valence-electron chi connectivity index (χ1n) is 6.73. The molecule has 1 amide bonds. The second kappa shape index (κ2) is 6.41. The van der Waals surface area contributed by atoms with E-state index < -0.39 is 18.3 Å². The molecule has 1 fully saturated rings. The number of hydrogen-bond donors (Lipinski definition) is 0. The average molecular weight is 277 g/mol. The highest BCUT2D eigenvalue weighted by Crippen LogP contribution is 2.17. The number of nitrogens with zero attached hydrogens (tertiary/aromatic N) is 1. The van der Waals surface area contributed by atoms with Crippen molar-refractivity contribution >= 4 is 12.1 Å². The van der Waals surface area contributed by atoms with Gasteiger partial charge >= 0.3 is 12.1 Å². The molecule has 0 saturated carbocycles. The van der Waals surface area contributed by atoms with E-state index in [0.717, 1.165) is 5.56 Å². The molecule has 1 unspecified atom stereocenters. The van der Waals surface area contributed by atoms with Gasteiger partial charge in [-0.05, 0) is 11.5 Å². The van der Waals surface area contributed by atoms with Gasteiger partial charge in [0.15, 0.2) is 6.23 Å². The molecule has 5 heteroatoms. The fraction of sp³-hybridized carbons (Fsp3) is 0.467. The van der Waals surface area contributed by atoms with Crippen molar-refractivity contribution in [2.75, 3.05) is 13.2 Å². The number of ether oxygens (including phenoxy) is 2. The number of cyclic esters (lactones) is 1. The molecule has 0 aromatic heterocycles. The summed E-state index contributed by atoms with van der Waals surface area (Å²) >= 11 is 0. The Morgan fingerprint density at radius 1 is 1.40 bits per heavy atom. The monoisotopic (exact) mass is 277 g/mol. The van der Waals surface area contributed by atoms with E-state index in [1.54, 1.807) is 0 Å². The zero-order valence-electron chi connectivity index (χ0n) is 11.7. The smallest absolute Gasteiger partial charge is 0.413 e. The van der Waals surface area contributed by atoms with Gasteiger partial charge in [0.05, 0.1) is 6.61 Å². The van der Waals surface area contributed by atoms with Crippen molar-refractivity contribution in [3.63, 3.8) is 0 Å². The maximum Gasteiger partial charge on any atom is 0.413 e. The van der Waals surface area contributed by atoms with Gasteiger partial charge in [-0.3, -0.25) is 9.69 Å². The second-order valence-electron chi connectivity index (χ2n) is 5.23. The van der Waals surface area contributed by atoms with E-state index in [0.29, 0.717) is 13.0 Å². The number of benzene rings is 1. The van der Waals surface area contributed by atoms with Crippen LogP contribution in [0, 0.1) is 5.92 Å². The number of carbonyl (C=O) groups excluding carboxylic acids is 2. The first-order chi connectivity index (χ1) is 9.56. The van der Waals surface area contributed by atoms with E-state index in [2.05, 4.69) is 0 Å². The van der Waals surface area contributed by atoms with Crippen molar-refractivity contribution in [1.29, 1.82) is 0 Å². The van der Waals surface area contributed by atoms with E-state index in [4.69, 9.17) is 9.47 Å². The molecule has 0 N–H and O–H groups in total. The summed E-state index contributed by atoms with van der Waals surface area (Å²) in [5, 5.41) is 0. The lowest BCUT2D eigenvalue weighted by molar-refractivity contribution is -0.141. The van der Waals surface area contributed by atoms with Gasteiger partial charge in [0.2, 0.25) is 0 Å². The quantitative estimate of drug-likeness (QED) is 0.792. The van der Waals surface area contributed by atoms with Crippen LogP contribution >= 0.6 is 0 Å². The highest BCUT2D eigenvalue weighted by atomic mass is 16.6. The lowest BCUT2D eigenvalue weighted by atomic mass is 10.1. The molecule has 0 aliphatic carbocycles. The summed E-state index contributed by atoms with van der Waals surface area (Å²) in [6.45, 7) is 4.21. The summed E-state index contributed by atoms with van der Waals surface area (Å²) in [6, 6.07) is 9.60. The number of carbonyl (C=O) groups is 2. The molecule has 1 saturated heterocycles. The maximum absolute atomic E-state index is 12.0. The van der Waals surface area contributed by atoms with E-state index in [-0.39, 0.29) is 12.5 Å². The number of amides is 1. The molecule has 1 heterocycles. The minimum absolute atomic E-state index is 0.0472. The Morgan fingerprint density at radius 3 is 2.75 bits per heavy atom. The topological polar surface area (TPSA) is 55.8 Å². The Morgan fingerprint density at radius 2 is 2.10 bits per heavy atom. The van der Waals surface area contributed by atoms with Gasteiger partial charge in [-0.2, -0.15) is 0 Å². The normalized spacial score (nSPS) is 18.2. The molecule has 5 nitrogen and oxygen atoms in total. The lowest BCUT2D eigenvalue weighted by Gasteiger charge is -2.21. The van der Waals surface area contributed by atoms with Gasteiger partial charge in [-0.15, -0.1) is 0 Å². The predicted octanol–water partition coefficient (Wildman–Crippen LogP) is 2.21. The molecule has 2 rings (SSSR count). The van der Waals surface area contributed by atoms with Crippen LogP contribution in [0.15, 0.2) is 30.3 Å². The highest BCUT2D eigenvalue weighted by Gasteiger charge is 2.36. The molecule has 0 radical (unpaired) electrons. The summed E-state index contributed by atoms with van der Waals surface area (Å²) in [4.78, 5) is 24.7. The van der Waals surface area contributed by atoms with Gasteiger partial charge in [0, 0.05) is 6.42 Å². The van der Waals surface area contributed by atoms with Crippen LogP contribution in [-0.2, 0) is 20.7 Å². The fourth-order valence-corrected chi connectivity index (χ4v) is 1.96. The minimum atomic E-state index is -0.579. The van der Waals surface area contributed by atoms with Crippen LogP contribution < -0.4 is 0 Å². The average Bonchev–Trinajstić information content (AvgIpc) is 2.78. The lowest BCUT2D eigenvalue weighted by Crippen LogP contribution is -2.38. The van der Waals surface area contributed by atoms with Gasteiger partial charge in [-0.1, -0.05) is 44.2 Å². The molecule has 1 aromatic carbocycles. The summed E-state index contributed by atoms with van der Waals surface area (Å²) in [5.74, 6) is -0.141. The number of esters is 1. The first kappa shape index (κ1) is 14.4. The van der Waals surface area contributed by atoms with Crippen molar-refractivity contribution in [1.82, 2.24) is 4.90 Å². The molecule has 0 bridgehead atoms. The molecule has 20 heavy (non-hydrogen) atoms. The Kier molecular flexibility index (Phi) is 4.61. The third kappa shape index (κ3) is 3.73. The SMILES string of the molecule is CC(C)COC(=O)N1CC(=O)OC1Cc1ccccc1. The van der Waals surface area contributed by atoms with Crippen LogP contribution in [0.3, 0.4) is 0 Å². The predicted molar refractivity (Wildman–Crippen MR) is 72.9 cm³/mol. The molecule has 0 spiro atoms. The summed E-state index contributed by atoms with van der Waals surface area (Å²) in [6.07, 6.45) is -0.598. The van der Waals surface area contributed by atoms with Crippen molar-refractivity contribution in [2.24, 2.45) is 5.92 Å². The van der Waals surface area contributed by atoms with Crippen LogP contribution in [0.5, 0.6) is 0 Å². The van der Waals surface area contributed by atoms with E-state index in [1.807, 2.05) is 44.2 Å². The molecule has 1 aliphatic heterocycles. The van der Waals surface area contributed by atoms with Gasteiger partial charge in [0.1, 0.15) is 6.54 Å². The van der Waals surface area contributed by atoms with E-state index in [9.17, 15) is 9.59 Å². The van der Waals surface area contributed by atoms with Crippen molar-refractivity contribution < 1.29 is 19.1 Å². The van der Waals surface area contributed by atoms with Crippen molar-refractivity contribution in [2.45, 2.75) is 26.5 Å². The van der Waals surface area contributed by atoms with Gasteiger partial charge < -0.3 is 9.47 Å². The molecule has 108 valence electrons. The molecular weight excluding hydrogens is 258 g/mol. The first-order valence-corrected chi connectivity index (χ1v) is 6.73. The molecule has 1 aromatic rings. The second-order valence-corrected chi connectivity index (χ2v) is 5.23. The minimum Gasteiger partial charge on any atom is -0.449 e. The highest BCUT2D eigenvalue weighted by molar-refractivity contribution is 5.81. The fourth-order valence-electron chi connectivity index (χ4n) is 1.96. The Hall–Kier alpha value is -2.04. The molecule has 1 aliphatic rings. The summed E-state index contributed by atoms with van der Waals surface area (Å²) in [7, 11) is 0. The Bertz CT molecular complexity index is 472. The van der Waals surface area contributed by atoms with Gasteiger partial charge in [0.25, 0.3) is 0 Å². The van der Waals surface area contributed by atoms with Crippen LogP contribution in [0.1, 0.15) is 19.4 Å². The van der Waals surface area contributed by atoms with Crippen LogP contribution in [0.2, 0.25) is 0 Å². The number of rotatable bonds is 4.